The molecule has 0 radical (unpaired) electrons. The highest BCUT2D eigenvalue weighted by Gasteiger charge is 2.37. The average Bonchev–Trinajstić information content (AvgIpc) is 3.40. The number of esters is 1. The zero-order valence-electron chi connectivity index (χ0n) is 39.0. The number of urea groups is 1. The number of carbonyl (C=O) groups excluding carboxylic acids is 3. The molecule has 6 aromatic carbocycles. The zero-order chi connectivity index (χ0) is 49.1. The molecule has 3 amide bonds. The predicted molar refractivity (Wildman–Crippen MR) is 271 cm³/mol. The van der Waals surface area contributed by atoms with Crippen LogP contribution in [0.4, 0.5) is 21.0 Å². The van der Waals surface area contributed by atoms with E-state index in [9.17, 15) is 29.4 Å². The van der Waals surface area contributed by atoms with Crippen molar-refractivity contribution >= 4 is 40.4 Å². The molecule has 3 unspecified atom stereocenters. The molecule has 3 atom stereocenters. The van der Waals surface area contributed by atoms with E-state index in [1.54, 1.807) is 60.7 Å². The minimum absolute atomic E-state index is 0.0626. The van der Waals surface area contributed by atoms with Crippen LogP contribution in [0.1, 0.15) is 63.2 Å². The minimum Gasteiger partial charge on any atom is -0.506 e. The molecule has 15 heteroatoms. The van der Waals surface area contributed by atoms with Crippen molar-refractivity contribution in [2.75, 3.05) is 49.5 Å². The first-order valence-electron chi connectivity index (χ1n) is 23.8. The van der Waals surface area contributed by atoms with Crippen molar-refractivity contribution in [1.29, 1.82) is 0 Å². The molecule has 1 aromatic heterocycles. The van der Waals surface area contributed by atoms with Gasteiger partial charge in [-0.25, -0.2) is 14.4 Å². The number of alkyl carbamates (subject to hydrolysis) is 1. The number of fused-ring (bicyclic) bond motifs is 4. The zero-order valence-corrected chi connectivity index (χ0v) is 39.0. The van der Waals surface area contributed by atoms with Crippen LogP contribution in [-0.4, -0.2) is 83.6 Å². The van der Waals surface area contributed by atoms with Gasteiger partial charge in [0.05, 0.1) is 29.8 Å². The van der Waals surface area contributed by atoms with Gasteiger partial charge in [-0.1, -0.05) is 91.0 Å². The number of nitrogens with zero attached hydrogens (tertiary/aromatic N) is 2. The van der Waals surface area contributed by atoms with Gasteiger partial charge >= 0.3 is 18.1 Å². The molecule has 2 bridgehead atoms. The van der Waals surface area contributed by atoms with Gasteiger partial charge in [-0.2, -0.15) is 0 Å². The number of aliphatic hydroxyl groups excluding tert-OH is 1. The van der Waals surface area contributed by atoms with Crippen LogP contribution in [0.2, 0.25) is 0 Å². The van der Waals surface area contributed by atoms with Crippen molar-refractivity contribution in [3.05, 3.63) is 201 Å². The Morgan fingerprint density at radius 3 is 2.24 bits per heavy atom. The third-order valence-electron chi connectivity index (χ3n) is 13.0. The Labute approximate surface area is 411 Å². The summed E-state index contributed by atoms with van der Waals surface area (Å²) in [4.78, 5) is 58.4. The van der Waals surface area contributed by atoms with Crippen LogP contribution < -0.4 is 31.1 Å². The fourth-order valence-electron chi connectivity index (χ4n) is 9.20. The summed E-state index contributed by atoms with van der Waals surface area (Å²) < 4.78 is 17.8. The van der Waals surface area contributed by atoms with Crippen LogP contribution in [0.3, 0.4) is 0 Å². The highest BCUT2D eigenvalue weighted by molar-refractivity contribution is 6.01. The predicted octanol–water partition coefficient (Wildman–Crippen LogP) is 8.44. The Morgan fingerprint density at radius 1 is 0.789 bits per heavy atom. The topological polar surface area (TPSA) is 195 Å². The lowest BCUT2D eigenvalue weighted by Gasteiger charge is -2.43. The maximum Gasteiger partial charge on any atom is 0.408 e. The van der Waals surface area contributed by atoms with E-state index < -0.39 is 30.2 Å². The molecule has 6 N–H and O–H groups in total. The van der Waals surface area contributed by atoms with Gasteiger partial charge in [-0.15, -0.1) is 0 Å². The van der Waals surface area contributed by atoms with Crippen LogP contribution in [0.25, 0.3) is 10.9 Å². The number of aromatic amines is 1. The number of anilines is 2. The number of carbonyl (C=O) groups is 3. The molecule has 15 nitrogen and oxygen atoms in total. The molecule has 4 heterocycles. The van der Waals surface area contributed by atoms with Crippen LogP contribution in [0, 0.1) is 5.92 Å². The van der Waals surface area contributed by atoms with Gasteiger partial charge in [0, 0.05) is 42.5 Å². The molecule has 71 heavy (non-hydrogen) atoms. The molecule has 3 fully saturated rings. The Hall–Kier alpha value is -7.98. The summed E-state index contributed by atoms with van der Waals surface area (Å²) in [5.41, 5.74) is 5.53. The Kier molecular flexibility index (Phi) is 15.3. The standard InChI is InChI=1S/C56H56N6O9/c63-48-24-22-46(47-23-25-51(65)59-53(47)48)49(64)34-57-33-37-16-20-43(21-17-37)58-55(67)62(44-11-5-2-6-12-44)30-31-69-54(66)41-18-14-38(15-19-41)36-70-45-13-7-10-42(32-45)52(40-8-3-1-4-9-40)60-56(68)71-50-35-61-28-26-39(50)27-29-61/h1-25,32,39,49-50,52,57,63-64H,26-31,33-36H2,(H,58,67)(H,59,65)(H,60,68). The van der Waals surface area contributed by atoms with Crippen molar-refractivity contribution in [1.82, 2.24) is 20.5 Å². The van der Waals surface area contributed by atoms with E-state index in [0.29, 0.717) is 46.1 Å². The lowest BCUT2D eigenvalue weighted by atomic mass is 9.86. The Bertz CT molecular complexity index is 2980. The number of phenolic OH excluding ortho intramolecular Hbond substituents is 1. The number of ether oxygens (including phenoxy) is 3. The van der Waals surface area contributed by atoms with E-state index in [2.05, 4.69) is 25.8 Å². The lowest BCUT2D eigenvalue weighted by Crippen LogP contribution is -2.52. The maximum atomic E-state index is 13.7. The van der Waals surface area contributed by atoms with Gasteiger partial charge in [0.2, 0.25) is 5.56 Å². The Balaban J connectivity index is 0.748. The number of aromatic nitrogens is 1. The van der Waals surface area contributed by atoms with Crippen LogP contribution in [-0.2, 0) is 22.6 Å². The first-order chi connectivity index (χ1) is 34.6. The number of aromatic hydroxyl groups is 1. The summed E-state index contributed by atoms with van der Waals surface area (Å²) in [5.74, 6) is 0.411. The van der Waals surface area contributed by atoms with Crippen LogP contribution >= 0.6 is 0 Å². The average molecular weight is 957 g/mol. The van der Waals surface area contributed by atoms with Gasteiger partial charge < -0.3 is 45.4 Å². The van der Waals surface area contributed by atoms with Crippen molar-refractivity contribution in [2.24, 2.45) is 5.92 Å². The quantitative estimate of drug-likeness (QED) is 0.0452. The number of H-pyrrole nitrogens is 1. The molecular formula is C56H56N6O9. The monoisotopic (exact) mass is 956 g/mol. The minimum atomic E-state index is -0.905. The second kappa shape index (κ2) is 22.6. The highest BCUT2D eigenvalue weighted by atomic mass is 16.6. The highest BCUT2D eigenvalue weighted by Crippen LogP contribution is 2.32. The molecule has 7 aromatic rings. The molecule has 364 valence electrons. The number of para-hydroxylation sites is 1. The van der Waals surface area contributed by atoms with Gasteiger partial charge in [-0.3, -0.25) is 14.6 Å². The number of aliphatic hydroxyl groups is 1. The number of nitrogens with one attached hydrogen (secondary N) is 4. The Morgan fingerprint density at radius 2 is 1.51 bits per heavy atom. The molecule has 0 spiro atoms. The number of hydrogen-bond donors (Lipinski definition) is 6. The maximum absolute atomic E-state index is 13.7. The van der Waals surface area contributed by atoms with Crippen molar-refractivity contribution in [3.8, 4) is 11.5 Å². The molecule has 0 saturated carbocycles. The fourth-order valence-corrected chi connectivity index (χ4v) is 9.20. The lowest BCUT2D eigenvalue weighted by molar-refractivity contribution is -0.0336. The van der Waals surface area contributed by atoms with Crippen LogP contribution in [0.5, 0.6) is 11.5 Å². The third kappa shape index (κ3) is 12.3. The van der Waals surface area contributed by atoms with Gasteiger partial charge in [0.15, 0.2) is 0 Å². The van der Waals surface area contributed by atoms with E-state index in [4.69, 9.17) is 14.2 Å². The molecular weight excluding hydrogens is 901 g/mol. The van der Waals surface area contributed by atoms with Crippen molar-refractivity contribution in [2.45, 2.75) is 44.2 Å². The summed E-state index contributed by atoms with van der Waals surface area (Å²) in [7, 11) is 0. The molecule has 10 rings (SSSR count). The number of phenols is 1. The summed E-state index contributed by atoms with van der Waals surface area (Å²) in [6, 6.07) is 45.9. The van der Waals surface area contributed by atoms with Crippen LogP contribution in [0.15, 0.2) is 163 Å². The normalized spacial score (nSPS) is 16.9. The summed E-state index contributed by atoms with van der Waals surface area (Å²) >= 11 is 0. The second-order valence-corrected chi connectivity index (χ2v) is 17.8. The fraction of sp³-hybridized carbons (Fsp3) is 0.250. The third-order valence-corrected chi connectivity index (χ3v) is 13.0. The molecule has 3 aliphatic rings. The number of pyridine rings is 1. The number of hydrogen-bond acceptors (Lipinski definition) is 11. The van der Waals surface area contributed by atoms with Gasteiger partial charge in [0.1, 0.15) is 30.8 Å². The summed E-state index contributed by atoms with van der Waals surface area (Å²) in [5, 5.41) is 30.9. The van der Waals surface area contributed by atoms with E-state index in [1.165, 1.54) is 17.0 Å². The van der Waals surface area contributed by atoms with Crippen molar-refractivity contribution < 1.29 is 38.8 Å². The van der Waals surface area contributed by atoms with E-state index in [0.717, 1.165) is 54.7 Å². The largest absolute Gasteiger partial charge is 0.506 e. The number of piperidine rings is 3. The second-order valence-electron chi connectivity index (χ2n) is 17.8. The van der Waals surface area contributed by atoms with E-state index in [1.807, 2.05) is 84.9 Å². The molecule has 3 aliphatic heterocycles. The first kappa shape index (κ1) is 48.1. The SMILES string of the molecule is O=C(NC(c1ccccc1)c1cccc(OCc2ccc(C(=O)OCCN(C(=O)Nc3ccc(CNCC(O)c4ccc(O)c5[nH]c(=O)ccc45)cc3)c3ccccc3)cc2)c1)OC1CN2CCC1CC2. The summed E-state index contributed by atoms with van der Waals surface area (Å²) in [6.45, 7) is 3.81. The first-order valence-corrected chi connectivity index (χ1v) is 23.8. The summed E-state index contributed by atoms with van der Waals surface area (Å²) in [6.07, 6.45) is 0.650. The number of rotatable bonds is 18. The smallest absolute Gasteiger partial charge is 0.408 e. The number of benzene rings is 6. The van der Waals surface area contributed by atoms with Crippen molar-refractivity contribution in [3.63, 3.8) is 0 Å². The van der Waals surface area contributed by atoms with E-state index in [-0.39, 0.29) is 49.2 Å². The van der Waals surface area contributed by atoms with Gasteiger partial charge in [-0.05, 0) is 120 Å². The van der Waals surface area contributed by atoms with E-state index >= 15 is 0 Å². The van der Waals surface area contributed by atoms with Gasteiger partial charge in [0.25, 0.3) is 0 Å². The molecule has 0 aliphatic carbocycles. The number of amides is 3. The molecule has 3 saturated heterocycles.